The maximum absolute atomic E-state index is 11.4. The number of nitrogens with one attached hydrogen (secondary N) is 1. The molecule has 0 fully saturated rings. The van der Waals surface area contributed by atoms with Gasteiger partial charge in [0.25, 0.3) is 0 Å². The molecule has 0 atom stereocenters. The van der Waals surface area contributed by atoms with Crippen LogP contribution in [0.15, 0.2) is 46.9 Å². The lowest BCUT2D eigenvalue weighted by molar-refractivity contribution is -0.115. The topological polar surface area (TPSA) is 94.6 Å². The van der Waals surface area contributed by atoms with Crippen molar-refractivity contribution in [1.29, 1.82) is 0 Å². The molecule has 0 radical (unpaired) electrons. The van der Waals surface area contributed by atoms with Crippen LogP contribution in [0, 0.1) is 0 Å². The third-order valence-electron chi connectivity index (χ3n) is 2.86. The Labute approximate surface area is 137 Å². The molecule has 3 N–H and O–H groups in total. The Morgan fingerprint density at radius 1 is 1.22 bits per heavy atom. The molecule has 1 aromatic carbocycles. The number of rotatable bonds is 4. The second kappa shape index (κ2) is 7.37. The minimum atomic E-state index is -0.433. The summed E-state index contributed by atoms with van der Waals surface area (Å²) in [6.45, 7) is 0. The van der Waals surface area contributed by atoms with Gasteiger partial charge in [-0.1, -0.05) is 12.1 Å². The van der Waals surface area contributed by atoms with Crippen molar-refractivity contribution in [3.8, 4) is 11.3 Å². The zero-order chi connectivity index (χ0) is 16.8. The predicted molar refractivity (Wildman–Crippen MR) is 89.4 cm³/mol. The Balaban J connectivity index is 2.10. The molecule has 0 bridgehead atoms. The first-order valence-corrected chi connectivity index (χ1v) is 6.97. The lowest BCUT2D eigenvalue weighted by Gasteiger charge is -2.00. The van der Waals surface area contributed by atoms with Crippen LogP contribution >= 0.6 is 12.2 Å². The molecule has 0 aliphatic rings. The van der Waals surface area contributed by atoms with Gasteiger partial charge in [-0.15, -0.1) is 0 Å². The Morgan fingerprint density at radius 3 is 2.52 bits per heavy atom. The molecule has 118 valence electrons. The average molecular weight is 330 g/mol. The van der Waals surface area contributed by atoms with Gasteiger partial charge in [-0.2, -0.15) is 0 Å². The molecule has 23 heavy (non-hydrogen) atoms. The fourth-order valence-electron chi connectivity index (χ4n) is 1.81. The number of carbonyl (C=O) groups is 2. The van der Waals surface area contributed by atoms with Crippen LogP contribution in [-0.4, -0.2) is 24.1 Å². The SMILES string of the molecule is COC(=O)c1ccc(-c2ccc(/C=C/C(=O)NC(N)=S)o2)cc1. The fraction of sp³-hybridized carbons (Fsp3) is 0.0625. The van der Waals surface area contributed by atoms with E-state index in [0.29, 0.717) is 17.1 Å². The number of hydrogen-bond acceptors (Lipinski definition) is 5. The second-order valence-electron chi connectivity index (χ2n) is 4.46. The third-order valence-corrected chi connectivity index (χ3v) is 2.96. The summed E-state index contributed by atoms with van der Waals surface area (Å²) in [5.74, 6) is 0.271. The summed E-state index contributed by atoms with van der Waals surface area (Å²) in [5.41, 5.74) is 6.45. The molecule has 0 saturated carbocycles. The van der Waals surface area contributed by atoms with Gasteiger partial charge in [0.1, 0.15) is 11.5 Å². The van der Waals surface area contributed by atoms with Gasteiger partial charge >= 0.3 is 5.97 Å². The van der Waals surface area contributed by atoms with Gasteiger partial charge in [-0.3, -0.25) is 10.1 Å². The molecule has 7 heteroatoms. The van der Waals surface area contributed by atoms with Crippen molar-refractivity contribution >= 4 is 35.3 Å². The summed E-state index contributed by atoms with van der Waals surface area (Å²) in [4.78, 5) is 22.8. The van der Waals surface area contributed by atoms with Gasteiger partial charge in [0.2, 0.25) is 5.91 Å². The Bertz CT molecular complexity index is 763. The molecule has 0 saturated heterocycles. The summed E-state index contributed by atoms with van der Waals surface area (Å²) in [6, 6.07) is 10.3. The van der Waals surface area contributed by atoms with E-state index in [2.05, 4.69) is 22.3 Å². The monoisotopic (exact) mass is 330 g/mol. The van der Waals surface area contributed by atoms with E-state index in [1.165, 1.54) is 19.3 Å². The number of furan rings is 1. The Morgan fingerprint density at radius 2 is 1.91 bits per heavy atom. The number of ether oxygens (including phenoxy) is 1. The molecule has 0 aliphatic heterocycles. The van der Waals surface area contributed by atoms with E-state index >= 15 is 0 Å². The zero-order valence-electron chi connectivity index (χ0n) is 12.2. The molecular weight excluding hydrogens is 316 g/mol. The van der Waals surface area contributed by atoms with Gasteiger partial charge in [-0.05, 0) is 42.6 Å². The first kappa shape index (κ1) is 16.4. The Kier molecular flexibility index (Phi) is 5.27. The fourth-order valence-corrected chi connectivity index (χ4v) is 1.91. The van der Waals surface area contributed by atoms with Crippen LogP contribution in [-0.2, 0) is 9.53 Å². The Hall–Kier alpha value is -2.93. The van der Waals surface area contributed by atoms with Gasteiger partial charge < -0.3 is 14.9 Å². The molecule has 1 aromatic heterocycles. The van der Waals surface area contributed by atoms with E-state index in [1.54, 1.807) is 36.4 Å². The summed E-state index contributed by atoms with van der Waals surface area (Å²) in [6.07, 6.45) is 2.77. The van der Waals surface area contributed by atoms with Gasteiger partial charge in [0, 0.05) is 11.6 Å². The summed E-state index contributed by atoms with van der Waals surface area (Å²) in [7, 11) is 1.33. The van der Waals surface area contributed by atoms with E-state index in [4.69, 9.17) is 10.2 Å². The van der Waals surface area contributed by atoms with E-state index in [0.717, 1.165) is 5.56 Å². The number of nitrogens with two attached hydrogens (primary N) is 1. The molecule has 2 rings (SSSR count). The highest BCUT2D eigenvalue weighted by molar-refractivity contribution is 7.80. The van der Waals surface area contributed by atoms with Crippen molar-refractivity contribution in [3.05, 3.63) is 53.8 Å². The molecule has 0 spiro atoms. The van der Waals surface area contributed by atoms with Gasteiger partial charge in [-0.25, -0.2) is 4.79 Å². The zero-order valence-corrected chi connectivity index (χ0v) is 13.1. The molecule has 0 unspecified atom stereocenters. The van der Waals surface area contributed by atoms with Crippen molar-refractivity contribution < 1.29 is 18.7 Å². The molecule has 1 heterocycles. The summed E-state index contributed by atoms with van der Waals surface area (Å²) >= 11 is 4.56. The van der Waals surface area contributed by atoms with Crippen LogP contribution < -0.4 is 11.1 Å². The molecular formula is C16H14N2O4S. The summed E-state index contributed by atoms with van der Waals surface area (Å²) < 4.78 is 10.2. The maximum Gasteiger partial charge on any atom is 0.337 e. The number of carbonyl (C=O) groups excluding carboxylic acids is 2. The van der Waals surface area contributed by atoms with Crippen LogP contribution in [0.2, 0.25) is 0 Å². The van der Waals surface area contributed by atoms with Crippen molar-refractivity contribution in [2.75, 3.05) is 7.11 Å². The average Bonchev–Trinajstić information content (AvgIpc) is 3.00. The highest BCUT2D eigenvalue weighted by Crippen LogP contribution is 2.23. The lowest BCUT2D eigenvalue weighted by Crippen LogP contribution is -2.33. The van der Waals surface area contributed by atoms with Crippen molar-refractivity contribution in [2.24, 2.45) is 5.73 Å². The van der Waals surface area contributed by atoms with Crippen LogP contribution in [0.3, 0.4) is 0 Å². The minimum Gasteiger partial charge on any atom is -0.465 e. The number of esters is 1. The van der Waals surface area contributed by atoms with E-state index < -0.39 is 11.9 Å². The third kappa shape index (κ3) is 4.52. The minimum absolute atomic E-state index is 0.0921. The van der Waals surface area contributed by atoms with Crippen molar-refractivity contribution in [2.45, 2.75) is 0 Å². The van der Waals surface area contributed by atoms with Crippen molar-refractivity contribution in [1.82, 2.24) is 5.32 Å². The number of benzene rings is 1. The number of methoxy groups -OCH3 is 1. The molecule has 2 aromatic rings. The van der Waals surface area contributed by atoms with Crippen molar-refractivity contribution in [3.63, 3.8) is 0 Å². The van der Waals surface area contributed by atoms with Crippen LogP contribution in [0.5, 0.6) is 0 Å². The van der Waals surface area contributed by atoms with E-state index in [9.17, 15) is 9.59 Å². The standard InChI is InChI=1S/C16H14N2O4S/c1-21-15(20)11-4-2-10(3-5-11)13-8-6-12(22-13)7-9-14(19)18-16(17)23/h2-9H,1H3,(H3,17,18,19,23)/b9-7+. The summed E-state index contributed by atoms with van der Waals surface area (Å²) in [5, 5.41) is 2.18. The smallest absolute Gasteiger partial charge is 0.337 e. The molecule has 1 amide bonds. The number of thiocarbonyl (C=S) groups is 1. The van der Waals surface area contributed by atoms with Gasteiger partial charge in [0.05, 0.1) is 12.7 Å². The number of hydrogen-bond donors (Lipinski definition) is 2. The van der Waals surface area contributed by atoms with Crippen LogP contribution in [0.1, 0.15) is 16.1 Å². The maximum atomic E-state index is 11.4. The highest BCUT2D eigenvalue weighted by atomic mass is 32.1. The van der Waals surface area contributed by atoms with E-state index in [-0.39, 0.29) is 5.11 Å². The van der Waals surface area contributed by atoms with E-state index in [1.807, 2.05) is 0 Å². The molecule has 6 nitrogen and oxygen atoms in total. The first-order chi connectivity index (χ1) is 11.0. The predicted octanol–water partition coefficient (Wildman–Crippen LogP) is 2.11. The normalized spacial score (nSPS) is 10.5. The lowest BCUT2D eigenvalue weighted by atomic mass is 10.1. The largest absolute Gasteiger partial charge is 0.465 e. The van der Waals surface area contributed by atoms with Gasteiger partial charge in [0.15, 0.2) is 5.11 Å². The molecule has 0 aliphatic carbocycles. The number of amides is 1. The first-order valence-electron chi connectivity index (χ1n) is 6.56. The van der Waals surface area contributed by atoms with Crippen LogP contribution in [0.25, 0.3) is 17.4 Å². The quantitative estimate of drug-likeness (QED) is 0.506. The van der Waals surface area contributed by atoms with Crippen LogP contribution in [0.4, 0.5) is 0 Å². The second-order valence-corrected chi connectivity index (χ2v) is 4.90. The highest BCUT2D eigenvalue weighted by Gasteiger charge is 2.07.